The van der Waals surface area contributed by atoms with Crippen LogP contribution >= 0.6 is 0 Å². The Hall–Kier alpha value is -2.25. The highest BCUT2D eigenvalue weighted by molar-refractivity contribution is 6.07. The smallest absolute Gasteiger partial charge is 0.454 e. The van der Waals surface area contributed by atoms with Gasteiger partial charge in [-0.2, -0.15) is 13.2 Å². The van der Waals surface area contributed by atoms with Gasteiger partial charge in [-0.15, -0.1) is 0 Å². The lowest BCUT2D eigenvalue weighted by Crippen LogP contribution is -2.29. The van der Waals surface area contributed by atoms with Crippen molar-refractivity contribution in [2.75, 3.05) is 12.4 Å². The van der Waals surface area contributed by atoms with E-state index in [9.17, 15) is 22.8 Å². The first-order valence-corrected chi connectivity index (χ1v) is 6.23. The van der Waals surface area contributed by atoms with Crippen molar-refractivity contribution in [2.24, 2.45) is 0 Å². The highest BCUT2D eigenvalue weighted by Gasteiger charge is 2.40. The van der Waals surface area contributed by atoms with E-state index in [1.807, 2.05) is 0 Å². The monoisotopic (exact) mass is 319 g/mol. The Labute approximate surface area is 125 Å². The normalized spacial score (nSPS) is 11.8. The van der Waals surface area contributed by atoms with Crippen molar-refractivity contribution in [1.82, 2.24) is 0 Å². The summed E-state index contributed by atoms with van der Waals surface area (Å²) in [5.74, 6) is -1.88. The molecule has 0 heterocycles. The van der Waals surface area contributed by atoms with Gasteiger partial charge in [-0.1, -0.05) is 0 Å². The number of hydrogen-bond acceptors (Lipinski definition) is 4. The molecule has 0 aliphatic heterocycles. The summed E-state index contributed by atoms with van der Waals surface area (Å²) >= 11 is 0. The van der Waals surface area contributed by atoms with Gasteiger partial charge in [0, 0.05) is 6.07 Å². The van der Waals surface area contributed by atoms with E-state index < -0.39 is 29.2 Å². The van der Waals surface area contributed by atoms with Crippen molar-refractivity contribution in [3.05, 3.63) is 23.8 Å². The number of alkyl halides is 3. The number of amides is 1. The number of Topliss-reactive ketones (excluding diaryl/α,β-unsaturated/α-hetero) is 1. The molecule has 1 N–H and O–H groups in total. The van der Waals surface area contributed by atoms with Crippen molar-refractivity contribution in [3.8, 4) is 5.75 Å². The van der Waals surface area contributed by atoms with Crippen LogP contribution < -0.4 is 10.1 Å². The van der Waals surface area contributed by atoms with E-state index in [4.69, 9.17) is 9.47 Å². The molecule has 5 nitrogen and oxygen atoms in total. The van der Waals surface area contributed by atoms with E-state index in [1.54, 1.807) is 20.8 Å². The van der Waals surface area contributed by atoms with Crippen LogP contribution in [-0.2, 0) is 4.74 Å². The number of ether oxygens (including phenoxy) is 2. The van der Waals surface area contributed by atoms with Crippen molar-refractivity contribution in [3.63, 3.8) is 0 Å². The Bertz CT molecular complexity index is 576. The van der Waals surface area contributed by atoms with Crippen molar-refractivity contribution in [1.29, 1.82) is 0 Å². The first-order chi connectivity index (χ1) is 9.94. The van der Waals surface area contributed by atoms with Crippen LogP contribution in [0.2, 0.25) is 0 Å². The predicted molar refractivity (Wildman–Crippen MR) is 73.2 cm³/mol. The first kappa shape index (κ1) is 17.8. The van der Waals surface area contributed by atoms with Gasteiger partial charge >= 0.3 is 12.3 Å². The number of halogens is 3. The highest BCUT2D eigenvalue weighted by Crippen LogP contribution is 2.29. The lowest BCUT2D eigenvalue weighted by Gasteiger charge is -2.20. The molecule has 0 bridgehead atoms. The van der Waals surface area contributed by atoms with Gasteiger partial charge in [0.1, 0.15) is 11.4 Å². The average Bonchev–Trinajstić information content (AvgIpc) is 2.34. The summed E-state index contributed by atoms with van der Waals surface area (Å²) in [5.41, 5.74) is -1.87. The fourth-order valence-corrected chi connectivity index (χ4v) is 1.52. The van der Waals surface area contributed by atoms with Crippen molar-refractivity contribution >= 4 is 17.6 Å². The minimum absolute atomic E-state index is 0.185. The van der Waals surface area contributed by atoms with Crippen LogP contribution in [0.1, 0.15) is 31.1 Å². The lowest BCUT2D eigenvalue weighted by atomic mass is 10.1. The van der Waals surface area contributed by atoms with Gasteiger partial charge < -0.3 is 9.47 Å². The van der Waals surface area contributed by atoms with Gasteiger partial charge in [0.05, 0.1) is 18.4 Å². The number of carbonyl (C=O) groups excluding carboxylic acids is 2. The summed E-state index contributed by atoms with van der Waals surface area (Å²) in [6, 6.07) is 3.24. The van der Waals surface area contributed by atoms with Crippen LogP contribution in [0.25, 0.3) is 0 Å². The molecule has 8 heteroatoms. The predicted octanol–water partition coefficient (Wildman–Crippen LogP) is 3.79. The maximum absolute atomic E-state index is 12.6. The number of hydrogen-bond donors (Lipinski definition) is 1. The molecule has 22 heavy (non-hydrogen) atoms. The van der Waals surface area contributed by atoms with E-state index in [-0.39, 0.29) is 11.4 Å². The quantitative estimate of drug-likeness (QED) is 0.861. The third-order valence-corrected chi connectivity index (χ3v) is 2.36. The maximum atomic E-state index is 12.6. The van der Waals surface area contributed by atoms with Crippen LogP contribution in [0.5, 0.6) is 5.75 Å². The molecule has 0 spiro atoms. The number of methoxy groups -OCH3 is 1. The number of benzene rings is 1. The fourth-order valence-electron chi connectivity index (χ4n) is 1.52. The average molecular weight is 319 g/mol. The second kappa shape index (κ2) is 6.25. The molecule has 0 fully saturated rings. The molecule has 0 aromatic heterocycles. The number of rotatable bonds is 3. The summed E-state index contributed by atoms with van der Waals surface area (Å²) < 4.78 is 47.6. The first-order valence-electron chi connectivity index (χ1n) is 6.23. The fraction of sp³-hybridized carbons (Fsp3) is 0.429. The zero-order valence-electron chi connectivity index (χ0n) is 12.5. The maximum Gasteiger partial charge on any atom is 0.454 e. The Morgan fingerprint density at radius 1 is 1.14 bits per heavy atom. The number of carbonyl (C=O) groups is 2. The molecule has 0 aliphatic carbocycles. The van der Waals surface area contributed by atoms with E-state index in [1.165, 1.54) is 13.2 Å². The summed E-state index contributed by atoms with van der Waals surface area (Å²) in [6.07, 6.45) is -6.03. The molecule has 1 rings (SSSR count). The zero-order valence-corrected chi connectivity index (χ0v) is 12.5. The second-order valence-corrected chi connectivity index (χ2v) is 5.37. The standard InChI is InChI=1S/C14H16F3NO4/c1-13(2,3)22-12(20)18-10-7-8(21-4)5-6-9(10)11(19)14(15,16)17/h5-7H,1-4H3,(H,18,20). The molecule has 1 amide bonds. The third-order valence-electron chi connectivity index (χ3n) is 2.36. The molecule has 0 radical (unpaired) electrons. The molecular weight excluding hydrogens is 303 g/mol. The van der Waals surface area contributed by atoms with Gasteiger partial charge in [-0.3, -0.25) is 10.1 Å². The number of anilines is 1. The second-order valence-electron chi connectivity index (χ2n) is 5.37. The van der Waals surface area contributed by atoms with Crippen LogP contribution in [0.4, 0.5) is 23.7 Å². The summed E-state index contributed by atoms with van der Waals surface area (Å²) in [6.45, 7) is 4.79. The van der Waals surface area contributed by atoms with E-state index in [2.05, 4.69) is 5.32 Å². The van der Waals surface area contributed by atoms with Crippen LogP contribution in [0, 0.1) is 0 Å². The van der Waals surface area contributed by atoms with Crippen LogP contribution in [-0.4, -0.2) is 30.8 Å². The minimum Gasteiger partial charge on any atom is -0.497 e. The van der Waals surface area contributed by atoms with Gasteiger partial charge in [0.25, 0.3) is 5.78 Å². The topological polar surface area (TPSA) is 64.6 Å². The number of nitrogens with one attached hydrogen (secondary N) is 1. The van der Waals surface area contributed by atoms with Gasteiger partial charge in [-0.05, 0) is 32.9 Å². The molecule has 1 aromatic carbocycles. The summed E-state index contributed by atoms with van der Waals surface area (Å²) in [4.78, 5) is 23.1. The largest absolute Gasteiger partial charge is 0.497 e. The molecular formula is C14H16F3NO4. The van der Waals surface area contributed by atoms with Gasteiger partial charge in [-0.25, -0.2) is 4.79 Å². The number of ketones is 1. The van der Waals surface area contributed by atoms with Gasteiger partial charge in [0.15, 0.2) is 0 Å². The molecule has 122 valence electrons. The van der Waals surface area contributed by atoms with Crippen LogP contribution in [0.3, 0.4) is 0 Å². The van der Waals surface area contributed by atoms with Crippen molar-refractivity contribution in [2.45, 2.75) is 32.5 Å². The van der Waals surface area contributed by atoms with E-state index >= 15 is 0 Å². The third kappa shape index (κ3) is 4.94. The lowest BCUT2D eigenvalue weighted by molar-refractivity contribution is -0.0884. The highest BCUT2D eigenvalue weighted by atomic mass is 19.4. The molecule has 0 saturated carbocycles. The molecule has 0 atom stereocenters. The molecule has 0 aliphatic rings. The Morgan fingerprint density at radius 3 is 2.18 bits per heavy atom. The Balaban J connectivity index is 3.15. The Kier molecular flexibility index (Phi) is 5.05. The summed E-state index contributed by atoms with van der Waals surface area (Å²) in [5, 5.41) is 2.13. The summed E-state index contributed by atoms with van der Waals surface area (Å²) in [7, 11) is 1.30. The van der Waals surface area contributed by atoms with Crippen molar-refractivity contribution < 1.29 is 32.2 Å². The molecule has 1 aromatic rings. The molecule has 0 saturated heterocycles. The van der Waals surface area contributed by atoms with E-state index in [0.29, 0.717) is 0 Å². The van der Waals surface area contributed by atoms with E-state index in [0.717, 1.165) is 12.1 Å². The zero-order chi connectivity index (χ0) is 17.1. The van der Waals surface area contributed by atoms with Gasteiger partial charge in [0.2, 0.25) is 0 Å². The molecule has 0 unspecified atom stereocenters. The SMILES string of the molecule is COc1ccc(C(=O)C(F)(F)F)c(NC(=O)OC(C)(C)C)c1. The Morgan fingerprint density at radius 2 is 1.73 bits per heavy atom. The minimum atomic E-state index is -5.06. The van der Waals surface area contributed by atoms with Crippen LogP contribution in [0.15, 0.2) is 18.2 Å².